The number of carbonyl (C=O) groups excluding carboxylic acids is 7. The van der Waals surface area contributed by atoms with Gasteiger partial charge in [0.2, 0.25) is 0 Å². The topological polar surface area (TPSA) is 385 Å². The van der Waals surface area contributed by atoms with E-state index < -0.39 is 118 Å². The molecule has 22 heteroatoms. The Labute approximate surface area is 556 Å². The summed E-state index contributed by atoms with van der Waals surface area (Å²) in [6.45, 7) is 11.0. The van der Waals surface area contributed by atoms with Crippen molar-refractivity contribution in [3.8, 4) is 0 Å². The molecule has 0 amide bonds. The van der Waals surface area contributed by atoms with Gasteiger partial charge in [0.05, 0.1) is 31.2 Å². The van der Waals surface area contributed by atoms with Crippen LogP contribution in [-0.2, 0) is 47.9 Å². The molecule has 0 aromatic carbocycles. The quantitative estimate of drug-likeness (QED) is 0.110. The number of carbonyl (C=O) groups is 9. The first-order valence-corrected chi connectivity index (χ1v) is 32.9. The van der Waals surface area contributed by atoms with Crippen molar-refractivity contribution in [3.05, 3.63) is 34.9 Å². The number of hydrogen-bond donors (Lipinski definition) is 11. The van der Waals surface area contributed by atoms with Gasteiger partial charge in [-0.1, -0.05) is 58.3 Å². The minimum atomic E-state index is -1.71. The molecule has 91 heavy (non-hydrogen) atoms. The van der Waals surface area contributed by atoms with E-state index in [-0.39, 0.29) is 145 Å². The summed E-state index contributed by atoms with van der Waals surface area (Å²) in [5.41, 5.74) is -5.07. The fraction of sp³-hybridized carbons (Fsp3) is 0.783. The molecule has 12 aliphatic rings. The van der Waals surface area contributed by atoms with Crippen molar-refractivity contribution >= 4 is 52.6 Å². The molecule has 0 aromatic rings. The number of fused-ring (bicyclic) bond motifs is 15. The van der Waals surface area contributed by atoms with Crippen LogP contribution in [0.3, 0.4) is 0 Å². The smallest absolute Gasteiger partial charge is 1.00 e. The van der Waals surface area contributed by atoms with Crippen molar-refractivity contribution < 1.29 is 135 Å². The minimum absolute atomic E-state index is 0. The van der Waals surface area contributed by atoms with Crippen LogP contribution in [-0.4, -0.2) is 170 Å². The van der Waals surface area contributed by atoms with Gasteiger partial charge >= 0.3 is 41.5 Å². The van der Waals surface area contributed by atoms with Gasteiger partial charge in [-0.2, -0.15) is 0 Å². The van der Waals surface area contributed by atoms with Crippen LogP contribution in [0, 0.1) is 85.8 Å². The number of aliphatic hydroxyl groups excluding tert-OH is 6. The Balaban J connectivity index is 0.000000190. The van der Waals surface area contributed by atoms with E-state index in [1.54, 1.807) is 18.2 Å². The average Bonchev–Trinajstić information content (AvgIpc) is 1.38. The molecular weight excluding hydrogens is 1190 g/mol. The average molecular weight is 1290 g/mol. The van der Waals surface area contributed by atoms with Gasteiger partial charge in [-0.05, 0) is 186 Å². The number of Topliss-reactive ketones (excluding diaryl/α,β-unsaturated/α-hetero) is 3. The molecule has 0 aliphatic heterocycles. The predicted octanol–water partition coefficient (Wildman–Crippen LogP) is 1.94. The molecule has 0 saturated heterocycles. The van der Waals surface area contributed by atoms with Gasteiger partial charge in [-0.3, -0.25) is 43.2 Å². The number of esters is 1. The van der Waals surface area contributed by atoms with E-state index in [1.165, 1.54) is 11.1 Å². The zero-order chi connectivity index (χ0) is 66.4. The number of ether oxygens (including phenoxy) is 1. The summed E-state index contributed by atoms with van der Waals surface area (Å²) in [6.07, 6.45) is 12.8. The summed E-state index contributed by atoms with van der Waals surface area (Å²) in [4.78, 5) is 106. The molecule has 12 aliphatic carbocycles. The molecule has 22 atom stereocenters. The zero-order valence-corrected chi connectivity index (χ0v) is 56.4. The van der Waals surface area contributed by atoms with E-state index in [1.807, 2.05) is 27.7 Å². The Kier molecular flexibility index (Phi) is 21.2. The Bertz CT molecular complexity index is 2920. The van der Waals surface area contributed by atoms with Crippen molar-refractivity contribution in [2.75, 3.05) is 19.8 Å². The number of hydrogen-bond acceptors (Lipinski definition) is 19. The maximum atomic E-state index is 12.5. The predicted molar refractivity (Wildman–Crippen MR) is 322 cm³/mol. The van der Waals surface area contributed by atoms with Crippen molar-refractivity contribution in [1.29, 1.82) is 0 Å². The third-order valence-electron chi connectivity index (χ3n) is 26.9. The van der Waals surface area contributed by atoms with E-state index >= 15 is 0 Å². The largest absolute Gasteiger partial charge is 1.00 e. The van der Waals surface area contributed by atoms with Gasteiger partial charge in [-0.25, -0.2) is 0 Å². The maximum Gasteiger partial charge on any atom is 1.00 e. The molecule has 0 aromatic heterocycles. The third kappa shape index (κ3) is 11.8. The number of rotatable bonds is 10. The number of ketones is 6. The van der Waals surface area contributed by atoms with Crippen molar-refractivity contribution in [2.24, 2.45) is 85.8 Å². The van der Waals surface area contributed by atoms with Crippen LogP contribution in [0.4, 0.5) is 0 Å². The Morgan fingerprint density at radius 2 is 0.824 bits per heavy atom. The van der Waals surface area contributed by atoms with Crippen LogP contribution in [0.2, 0.25) is 0 Å². The SMILES string of the molecule is CC(=O)O.C[C@]12CCC(=O)C=C1CC[C@@H]1[C@@H]2[C@@H](O)C[C@@]2(C)[C@H]1CC[C@]2(O)C(=O)CO.C[C@]12CCC(=O)C=C1CC[C@@H]1[C@@H]2[C@@H](O)C[C@@]2(C)[C@H]1CC[C@]2(O)C(=O)CO.C[C@]12C[C@H](O)[C@H]3[C@@H](CCC4=CC(=O)CC(OC(=O)CCC(=O)O)[C@@]43C)[C@@H]1CC[C@]2(O)C(=O)CO.[H-].[Na+]. The summed E-state index contributed by atoms with van der Waals surface area (Å²) in [5, 5.41) is 112. The summed E-state index contributed by atoms with van der Waals surface area (Å²) in [6, 6.07) is 0. The van der Waals surface area contributed by atoms with Gasteiger partial charge in [0, 0.05) is 53.8 Å². The number of allylic oxidation sites excluding steroid dienone is 2. The fourth-order valence-corrected chi connectivity index (χ4v) is 22.4. The molecule has 12 rings (SSSR count). The standard InChI is InChI=1S/C25H34O9.2C21H30O5.C2H4O2.Na.H/c1-23-11-17(28)22-15(16(23)7-8-25(23,33)18(29)12-26)4-3-13-9-14(27)10-19(24(13,22)2)34-21(32)6-5-20(30)31;2*1-19-7-5-13(23)9-12(19)3-4-14-15-6-8-21(26,17(25)11-22)20(15,2)10-16(24)18(14)19;1-2(3)4;;/h9,15-17,19,22,26,28,33H,3-8,10-12H2,1-2H3,(H,30,31);2*9,14-16,18,22,24,26H,3-8,10-11H2,1-2H3;1H3,(H,3,4);;/q;;;;+1;-1/t15-,16-,17-,19?,22+,23-,24+,25-;2*14-,15-,16-,18+,19-,20-,21-;;;/m000.../s1. The minimum Gasteiger partial charge on any atom is -1.00 e. The normalized spacial score (nSPS) is 45.3. The van der Waals surface area contributed by atoms with Crippen LogP contribution in [0.15, 0.2) is 34.9 Å². The van der Waals surface area contributed by atoms with Crippen molar-refractivity contribution in [1.82, 2.24) is 0 Å². The van der Waals surface area contributed by atoms with Crippen molar-refractivity contribution in [2.45, 2.75) is 231 Å². The fourth-order valence-electron chi connectivity index (χ4n) is 22.4. The first kappa shape index (κ1) is 73.1. The molecule has 11 N–H and O–H groups in total. The van der Waals surface area contributed by atoms with Gasteiger partial charge in [0.1, 0.15) is 42.7 Å². The van der Waals surface area contributed by atoms with E-state index in [0.717, 1.165) is 63.9 Å². The van der Waals surface area contributed by atoms with Crippen LogP contribution in [0.1, 0.15) is 191 Å². The van der Waals surface area contributed by atoms with E-state index in [2.05, 4.69) is 13.8 Å². The molecule has 9 saturated carbocycles. The van der Waals surface area contributed by atoms with Crippen molar-refractivity contribution in [3.63, 3.8) is 0 Å². The Hall–Kier alpha value is -3.71. The monoisotopic (exact) mass is 1290 g/mol. The molecule has 0 spiro atoms. The number of aliphatic hydroxyl groups is 9. The van der Waals surface area contributed by atoms with Crippen LogP contribution in [0.5, 0.6) is 0 Å². The Morgan fingerprint density at radius 3 is 1.18 bits per heavy atom. The molecule has 0 radical (unpaired) electrons. The van der Waals surface area contributed by atoms with Crippen LogP contribution in [0.25, 0.3) is 0 Å². The molecule has 21 nitrogen and oxygen atoms in total. The second-order valence-corrected chi connectivity index (χ2v) is 30.6. The Morgan fingerprint density at radius 1 is 0.495 bits per heavy atom. The zero-order valence-electron chi connectivity index (χ0n) is 55.4. The molecular formula is C69H99NaO21. The van der Waals surface area contributed by atoms with Crippen LogP contribution >= 0.6 is 0 Å². The van der Waals surface area contributed by atoms with Crippen LogP contribution < -0.4 is 29.6 Å². The third-order valence-corrected chi connectivity index (χ3v) is 26.9. The molecule has 0 heterocycles. The first-order valence-electron chi connectivity index (χ1n) is 32.9. The second-order valence-electron chi connectivity index (χ2n) is 30.6. The van der Waals surface area contributed by atoms with E-state index in [9.17, 15) is 84.3 Å². The van der Waals surface area contributed by atoms with E-state index in [4.69, 9.17) is 19.7 Å². The molecule has 9 fully saturated rings. The first-order chi connectivity index (χ1) is 42.0. The summed E-state index contributed by atoms with van der Waals surface area (Å²) >= 11 is 0. The molecule has 502 valence electrons. The maximum absolute atomic E-state index is 12.5. The van der Waals surface area contributed by atoms with Gasteiger partial charge < -0.3 is 62.3 Å². The van der Waals surface area contributed by atoms with E-state index in [0.29, 0.717) is 57.8 Å². The molecule has 1 unspecified atom stereocenters. The van der Waals surface area contributed by atoms with Gasteiger partial charge in [0.25, 0.3) is 5.97 Å². The molecule has 0 bridgehead atoms. The number of aliphatic carboxylic acids is 2. The summed E-state index contributed by atoms with van der Waals surface area (Å²) < 4.78 is 5.70. The van der Waals surface area contributed by atoms with Gasteiger partial charge in [-0.15, -0.1) is 0 Å². The number of carboxylic acid groups (broad SMARTS) is 2. The second kappa shape index (κ2) is 26.4. The summed E-state index contributed by atoms with van der Waals surface area (Å²) in [5.74, 6) is -3.67. The summed E-state index contributed by atoms with van der Waals surface area (Å²) in [7, 11) is 0. The van der Waals surface area contributed by atoms with Gasteiger partial charge in [0.15, 0.2) is 34.7 Å². The number of carboxylic acids is 2.